The number of nitro groups is 1. The number of aryl methyl sites for hydroxylation is 1. The number of fused-ring (bicyclic) bond motifs is 2. The molecule has 2 saturated heterocycles. The molecule has 0 radical (unpaired) electrons. The first kappa shape index (κ1) is 12.4. The molecule has 2 atom stereocenters. The first-order valence-corrected chi connectivity index (χ1v) is 6.77. The van der Waals surface area contributed by atoms with Crippen LogP contribution in [0.1, 0.15) is 31.2 Å². The number of piperidine rings is 1. The fourth-order valence-electron chi connectivity index (χ4n) is 3.57. The van der Waals surface area contributed by atoms with Crippen LogP contribution in [0.4, 0.5) is 11.4 Å². The molecule has 19 heavy (non-hydrogen) atoms. The van der Waals surface area contributed by atoms with Crippen molar-refractivity contribution in [3.05, 3.63) is 33.9 Å². The Morgan fingerprint density at radius 1 is 1.32 bits per heavy atom. The number of benzene rings is 1. The minimum atomic E-state index is -0.340. The summed E-state index contributed by atoms with van der Waals surface area (Å²) >= 11 is 0. The average Bonchev–Trinajstić information content (AvgIpc) is 2.61. The molecule has 0 amide bonds. The molecule has 2 aliphatic rings. The van der Waals surface area contributed by atoms with Gasteiger partial charge in [0.25, 0.3) is 5.69 Å². The van der Waals surface area contributed by atoms with Crippen LogP contribution in [-0.2, 0) is 0 Å². The molecule has 1 aromatic carbocycles. The third-order valence-corrected chi connectivity index (χ3v) is 4.38. The predicted molar refractivity (Wildman–Crippen MR) is 72.4 cm³/mol. The van der Waals surface area contributed by atoms with Gasteiger partial charge in [-0.15, -0.1) is 0 Å². The highest BCUT2D eigenvalue weighted by molar-refractivity contribution is 5.57. The lowest BCUT2D eigenvalue weighted by molar-refractivity contribution is -0.385. The number of nitro benzene ring substituents is 1. The molecule has 5 nitrogen and oxygen atoms in total. The molecule has 2 fully saturated rings. The van der Waals surface area contributed by atoms with Gasteiger partial charge in [0, 0.05) is 29.4 Å². The van der Waals surface area contributed by atoms with Crippen LogP contribution in [-0.4, -0.2) is 28.2 Å². The lowest BCUT2D eigenvalue weighted by Gasteiger charge is -2.39. The van der Waals surface area contributed by atoms with E-state index < -0.39 is 0 Å². The van der Waals surface area contributed by atoms with Crippen molar-refractivity contribution in [3.8, 4) is 0 Å². The summed E-state index contributed by atoms with van der Waals surface area (Å²) < 4.78 is 0. The number of aliphatic hydroxyl groups is 1. The average molecular weight is 262 g/mol. The van der Waals surface area contributed by atoms with Gasteiger partial charge in [-0.2, -0.15) is 0 Å². The van der Waals surface area contributed by atoms with Crippen LogP contribution in [0.25, 0.3) is 0 Å². The van der Waals surface area contributed by atoms with E-state index >= 15 is 0 Å². The van der Waals surface area contributed by atoms with Gasteiger partial charge in [-0.1, -0.05) is 0 Å². The lowest BCUT2D eigenvalue weighted by atomic mass is 9.98. The molecule has 0 aromatic heterocycles. The van der Waals surface area contributed by atoms with Gasteiger partial charge in [0.05, 0.1) is 11.0 Å². The van der Waals surface area contributed by atoms with Crippen molar-refractivity contribution in [1.29, 1.82) is 0 Å². The Kier molecular flexibility index (Phi) is 2.93. The minimum Gasteiger partial charge on any atom is -0.393 e. The Labute approximate surface area is 112 Å². The largest absolute Gasteiger partial charge is 0.393 e. The highest BCUT2D eigenvalue weighted by Gasteiger charge is 2.40. The van der Waals surface area contributed by atoms with E-state index in [2.05, 4.69) is 4.90 Å². The van der Waals surface area contributed by atoms with Crippen molar-refractivity contribution >= 4 is 11.4 Å². The molecule has 0 saturated carbocycles. The maximum atomic E-state index is 10.9. The molecule has 0 spiro atoms. The Morgan fingerprint density at radius 2 is 1.95 bits per heavy atom. The molecule has 102 valence electrons. The second-order valence-corrected chi connectivity index (χ2v) is 5.65. The van der Waals surface area contributed by atoms with Gasteiger partial charge in [-0.3, -0.25) is 10.1 Å². The van der Waals surface area contributed by atoms with E-state index in [4.69, 9.17) is 0 Å². The number of anilines is 1. The fraction of sp³-hybridized carbons (Fsp3) is 0.571. The van der Waals surface area contributed by atoms with E-state index in [-0.39, 0.29) is 16.7 Å². The minimum absolute atomic E-state index is 0.174. The number of rotatable bonds is 2. The normalized spacial score (nSPS) is 29.6. The number of hydrogen-bond acceptors (Lipinski definition) is 4. The zero-order valence-corrected chi connectivity index (χ0v) is 11.0. The van der Waals surface area contributed by atoms with Gasteiger partial charge in [0.15, 0.2) is 0 Å². The summed E-state index contributed by atoms with van der Waals surface area (Å²) in [6.07, 6.45) is 3.65. The van der Waals surface area contributed by atoms with E-state index in [1.165, 1.54) is 0 Å². The third-order valence-electron chi connectivity index (χ3n) is 4.38. The monoisotopic (exact) mass is 262 g/mol. The zero-order valence-electron chi connectivity index (χ0n) is 11.0. The molecule has 2 bridgehead atoms. The zero-order chi connectivity index (χ0) is 13.6. The van der Waals surface area contributed by atoms with Crippen LogP contribution in [0.2, 0.25) is 0 Å². The second kappa shape index (κ2) is 4.49. The maximum Gasteiger partial charge on any atom is 0.272 e. The Bertz CT molecular complexity index is 503. The fourth-order valence-corrected chi connectivity index (χ4v) is 3.57. The lowest BCUT2D eigenvalue weighted by Crippen LogP contribution is -2.44. The molecule has 2 aliphatic heterocycles. The summed E-state index contributed by atoms with van der Waals surface area (Å²) in [6.45, 7) is 1.78. The highest BCUT2D eigenvalue weighted by atomic mass is 16.6. The van der Waals surface area contributed by atoms with Crippen molar-refractivity contribution in [1.82, 2.24) is 0 Å². The maximum absolute atomic E-state index is 10.9. The standard InChI is InChI=1S/C14H18N2O3/c1-9-6-10(4-5-14(9)16(18)19)15-11-2-3-12(15)8-13(17)7-11/h4-6,11-13,17H,2-3,7-8H2,1H3. The molecule has 2 heterocycles. The van der Waals surface area contributed by atoms with E-state index in [0.717, 1.165) is 31.4 Å². The molecule has 5 heteroatoms. The van der Waals surface area contributed by atoms with E-state index in [1.807, 2.05) is 12.1 Å². The number of nitrogens with zero attached hydrogens (tertiary/aromatic N) is 2. The SMILES string of the molecule is Cc1cc(N2C3CCC2CC(O)C3)ccc1[N+](=O)[O-]. The molecular formula is C14H18N2O3. The third kappa shape index (κ3) is 2.08. The van der Waals surface area contributed by atoms with Crippen LogP contribution in [0.3, 0.4) is 0 Å². The Balaban J connectivity index is 1.91. The number of hydrogen-bond donors (Lipinski definition) is 1. The topological polar surface area (TPSA) is 66.6 Å². The quantitative estimate of drug-likeness (QED) is 0.656. The molecule has 1 aromatic rings. The van der Waals surface area contributed by atoms with E-state index in [0.29, 0.717) is 17.6 Å². The second-order valence-electron chi connectivity index (χ2n) is 5.65. The molecule has 2 unspecified atom stereocenters. The van der Waals surface area contributed by atoms with Crippen molar-refractivity contribution in [2.75, 3.05) is 4.90 Å². The molecular weight excluding hydrogens is 244 g/mol. The van der Waals surface area contributed by atoms with Crippen LogP contribution in [0.5, 0.6) is 0 Å². The Morgan fingerprint density at radius 3 is 2.47 bits per heavy atom. The van der Waals surface area contributed by atoms with Crippen LogP contribution in [0.15, 0.2) is 18.2 Å². The summed E-state index contributed by atoms with van der Waals surface area (Å²) in [5.41, 5.74) is 1.93. The summed E-state index contributed by atoms with van der Waals surface area (Å²) in [6, 6.07) is 6.11. The van der Waals surface area contributed by atoms with Gasteiger partial charge in [-0.25, -0.2) is 0 Å². The van der Waals surface area contributed by atoms with Crippen molar-refractivity contribution in [2.24, 2.45) is 0 Å². The van der Waals surface area contributed by atoms with Crippen molar-refractivity contribution in [2.45, 2.75) is 50.8 Å². The predicted octanol–water partition coefficient (Wildman–Crippen LogP) is 2.40. The summed E-state index contributed by atoms with van der Waals surface area (Å²) in [7, 11) is 0. The smallest absolute Gasteiger partial charge is 0.272 e. The van der Waals surface area contributed by atoms with Crippen LogP contribution in [0, 0.1) is 17.0 Å². The van der Waals surface area contributed by atoms with Gasteiger partial charge in [-0.05, 0) is 44.7 Å². The Hall–Kier alpha value is -1.62. The number of aliphatic hydroxyl groups excluding tert-OH is 1. The van der Waals surface area contributed by atoms with Gasteiger partial charge >= 0.3 is 0 Å². The van der Waals surface area contributed by atoms with Crippen LogP contribution >= 0.6 is 0 Å². The van der Waals surface area contributed by atoms with Gasteiger partial charge < -0.3 is 10.0 Å². The van der Waals surface area contributed by atoms with Crippen molar-refractivity contribution < 1.29 is 10.0 Å². The van der Waals surface area contributed by atoms with E-state index in [9.17, 15) is 15.2 Å². The van der Waals surface area contributed by atoms with Crippen molar-refractivity contribution in [3.63, 3.8) is 0 Å². The summed E-state index contributed by atoms with van der Waals surface area (Å²) in [5.74, 6) is 0. The first-order chi connectivity index (χ1) is 9.06. The van der Waals surface area contributed by atoms with Crippen LogP contribution < -0.4 is 4.90 Å². The highest BCUT2D eigenvalue weighted by Crippen LogP contribution is 2.40. The summed E-state index contributed by atoms with van der Waals surface area (Å²) in [5, 5.41) is 20.7. The first-order valence-electron chi connectivity index (χ1n) is 6.77. The molecule has 1 N–H and O–H groups in total. The molecule has 3 rings (SSSR count). The molecule has 0 aliphatic carbocycles. The van der Waals surface area contributed by atoms with E-state index in [1.54, 1.807) is 13.0 Å². The van der Waals surface area contributed by atoms with Gasteiger partial charge in [0.2, 0.25) is 0 Å². The van der Waals surface area contributed by atoms with Gasteiger partial charge in [0.1, 0.15) is 0 Å². The summed E-state index contributed by atoms with van der Waals surface area (Å²) in [4.78, 5) is 12.9.